The third kappa shape index (κ3) is 2.93. The van der Waals surface area contributed by atoms with Crippen molar-refractivity contribution >= 4 is 34.2 Å². The summed E-state index contributed by atoms with van der Waals surface area (Å²) in [5.74, 6) is -0.431. The van der Waals surface area contributed by atoms with Crippen LogP contribution >= 0.6 is 22.6 Å². The van der Waals surface area contributed by atoms with Crippen molar-refractivity contribution in [2.24, 2.45) is 5.92 Å². The summed E-state index contributed by atoms with van der Waals surface area (Å²) in [4.78, 5) is 21.2. The fourth-order valence-corrected chi connectivity index (χ4v) is 1.74. The summed E-state index contributed by atoms with van der Waals surface area (Å²) in [6, 6.07) is 0. The first kappa shape index (κ1) is 9.07. The van der Waals surface area contributed by atoms with Crippen molar-refractivity contribution in [3.8, 4) is 0 Å². The maximum atomic E-state index is 10.6. The van der Waals surface area contributed by atoms with Crippen LogP contribution in [0.15, 0.2) is 0 Å². The third-order valence-electron chi connectivity index (χ3n) is 1.14. The molecule has 0 radical (unpaired) electrons. The van der Waals surface area contributed by atoms with Crippen molar-refractivity contribution in [2.75, 3.05) is 4.43 Å². The SMILES string of the molecule is CC(=O)C(CI)C(C)=O. The van der Waals surface area contributed by atoms with E-state index in [9.17, 15) is 9.59 Å². The highest BCUT2D eigenvalue weighted by atomic mass is 127. The molecule has 0 saturated carbocycles. The van der Waals surface area contributed by atoms with Crippen LogP contribution in [-0.4, -0.2) is 16.0 Å². The van der Waals surface area contributed by atoms with Gasteiger partial charge in [0, 0.05) is 4.43 Å². The molecular weight excluding hydrogens is 231 g/mol. The quantitative estimate of drug-likeness (QED) is 0.422. The van der Waals surface area contributed by atoms with E-state index >= 15 is 0 Å². The first-order valence-corrected chi connectivity index (χ1v) is 4.19. The number of carbonyl (C=O) groups excluding carboxylic acids is 2. The second-order valence-corrected chi connectivity index (χ2v) is 2.81. The van der Waals surface area contributed by atoms with Crippen LogP contribution in [0.1, 0.15) is 13.8 Å². The first-order chi connectivity index (χ1) is 4.09. The van der Waals surface area contributed by atoms with Crippen LogP contribution in [0.5, 0.6) is 0 Å². The molecule has 52 valence electrons. The molecule has 0 N–H and O–H groups in total. The minimum absolute atomic E-state index is 0.0306. The van der Waals surface area contributed by atoms with Gasteiger partial charge in [0.25, 0.3) is 0 Å². The number of hydrogen-bond donors (Lipinski definition) is 0. The largest absolute Gasteiger partial charge is 0.299 e. The van der Waals surface area contributed by atoms with Crippen LogP contribution in [0.4, 0.5) is 0 Å². The summed E-state index contributed by atoms with van der Waals surface area (Å²) in [5.41, 5.74) is 0. The number of hydrogen-bond acceptors (Lipinski definition) is 2. The third-order valence-corrected chi connectivity index (χ3v) is 2.02. The summed E-state index contributed by atoms with van der Waals surface area (Å²) >= 11 is 2.04. The molecule has 0 aromatic carbocycles. The summed E-state index contributed by atoms with van der Waals surface area (Å²) in [6.07, 6.45) is 0. The van der Waals surface area contributed by atoms with E-state index in [1.54, 1.807) is 0 Å². The van der Waals surface area contributed by atoms with Gasteiger partial charge >= 0.3 is 0 Å². The molecule has 0 saturated heterocycles. The highest BCUT2D eigenvalue weighted by Crippen LogP contribution is 2.03. The minimum Gasteiger partial charge on any atom is -0.299 e. The van der Waals surface area contributed by atoms with Crippen LogP contribution in [0.2, 0.25) is 0 Å². The molecule has 0 aliphatic carbocycles. The molecule has 0 spiro atoms. The Balaban J connectivity index is 3.99. The number of Topliss-reactive ketones (excluding diaryl/α,β-unsaturated/α-hetero) is 2. The smallest absolute Gasteiger partial charge is 0.141 e. The lowest BCUT2D eigenvalue weighted by atomic mass is 10.0. The molecule has 0 aromatic heterocycles. The average Bonchev–Trinajstić information content (AvgIpc) is 1.64. The Morgan fingerprint density at radius 1 is 1.33 bits per heavy atom. The Morgan fingerprint density at radius 3 is 1.67 bits per heavy atom. The lowest BCUT2D eigenvalue weighted by Crippen LogP contribution is -2.20. The minimum atomic E-state index is -0.370. The van der Waals surface area contributed by atoms with Crippen molar-refractivity contribution < 1.29 is 9.59 Å². The molecule has 0 bridgehead atoms. The number of halogens is 1. The molecule has 0 fully saturated rings. The van der Waals surface area contributed by atoms with E-state index in [0.29, 0.717) is 4.43 Å². The molecule has 0 aromatic rings. The van der Waals surface area contributed by atoms with Crippen molar-refractivity contribution in [3.05, 3.63) is 0 Å². The Morgan fingerprint density at radius 2 is 1.67 bits per heavy atom. The van der Waals surface area contributed by atoms with E-state index in [0.717, 1.165) is 0 Å². The molecule has 0 atom stereocenters. The number of rotatable bonds is 3. The number of alkyl halides is 1. The van der Waals surface area contributed by atoms with Gasteiger partial charge in [-0.25, -0.2) is 0 Å². The summed E-state index contributed by atoms with van der Waals surface area (Å²) in [6.45, 7) is 2.90. The van der Waals surface area contributed by atoms with Crippen LogP contribution < -0.4 is 0 Å². The van der Waals surface area contributed by atoms with E-state index < -0.39 is 0 Å². The zero-order chi connectivity index (χ0) is 7.44. The summed E-state index contributed by atoms with van der Waals surface area (Å²) < 4.78 is 0.600. The van der Waals surface area contributed by atoms with Crippen molar-refractivity contribution in [1.29, 1.82) is 0 Å². The van der Waals surface area contributed by atoms with Crippen molar-refractivity contribution in [1.82, 2.24) is 0 Å². The topological polar surface area (TPSA) is 34.1 Å². The highest BCUT2D eigenvalue weighted by Gasteiger charge is 2.16. The molecule has 0 unspecified atom stereocenters. The molecular formula is C6H9IO2. The van der Waals surface area contributed by atoms with E-state index in [-0.39, 0.29) is 17.5 Å². The van der Waals surface area contributed by atoms with Gasteiger partial charge in [0.1, 0.15) is 11.6 Å². The molecule has 9 heavy (non-hydrogen) atoms. The van der Waals surface area contributed by atoms with Crippen LogP contribution in [0.3, 0.4) is 0 Å². The Labute approximate surface area is 68.1 Å². The zero-order valence-corrected chi connectivity index (χ0v) is 7.64. The van der Waals surface area contributed by atoms with Gasteiger partial charge in [-0.3, -0.25) is 9.59 Å². The predicted octanol–water partition coefficient (Wildman–Crippen LogP) is 1.22. The lowest BCUT2D eigenvalue weighted by Gasteiger charge is -2.02. The first-order valence-electron chi connectivity index (χ1n) is 2.66. The molecule has 0 heterocycles. The molecule has 0 aliphatic rings. The van der Waals surface area contributed by atoms with Gasteiger partial charge in [-0.1, -0.05) is 22.6 Å². The Bertz CT molecular complexity index is 117. The highest BCUT2D eigenvalue weighted by molar-refractivity contribution is 14.1. The van der Waals surface area contributed by atoms with Gasteiger partial charge in [0.2, 0.25) is 0 Å². The normalized spacial score (nSPS) is 9.78. The fourth-order valence-electron chi connectivity index (χ4n) is 0.504. The van der Waals surface area contributed by atoms with Crippen LogP contribution in [-0.2, 0) is 9.59 Å². The standard InChI is InChI=1S/C6H9IO2/c1-4(8)6(3-7)5(2)9/h6H,3H2,1-2H3. The fraction of sp³-hybridized carbons (Fsp3) is 0.667. The zero-order valence-electron chi connectivity index (χ0n) is 5.48. The van der Waals surface area contributed by atoms with Crippen molar-refractivity contribution in [3.63, 3.8) is 0 Å². The molecule has 0 aliphatic heterocycles. The maximum Gasteiger partial charge on any atom is 0.141 e. The monoisotopic (exact) mass is 240 g/mol. The molecule has 2 nitrogen and oxygen atoms in total. The molecule has 0 amide bonds. The van der Waals surface area contributed by atoms with Gasteiger partial charge < -0.3 is 0 Å². The Kier molecular flexibility index (Phi) is 4.01. The summed E-state index contributed by atoms with van der Waals surface area (Å²) in [7, 11) is 0. The second-order valence-electron chi connectivity index (χ2n) is 1.93. The van der Waals surface area contributed by atoms with Gasteiger partial charge in [-0.2, -0.15) is 0 Å². The summed E-state index contributed by atoms with van der Waals surface area (Å²) in [5, 5.41) is 0. The average molecular weight is 240 g/mol. The van der Waals surface area contributed by atoms with Gasteiger partial charge in [-0.05, 0) is 13.8 Å². The van der Waals surface area contributed by atoms with E-state index in [4.69, 9.17) is 0 Å². The van der Waals surface area contributed by atoms with Gasteiger partial charge in [0.15, 0.2) is 0 Å². The second kappa shape index (κ2) is 3.98. The molecule has 0 rings (SSSR count). The molecule has 3 heteroatoms. The van der Waals surface area contributed by atoms with Gasteiger partial charge in [0.05, 0.1) is 5.92 Å². The van der Waals surface area contributed by atoms with E-state index in [1.807, 2.05) is 22.6 Å². The van der Waals surface area contributed by atoms with E-state index in [2.05, 4.69) is 0 Å². The van der Waals surface area contributed by atoms with Crippen LogP contribution in [0, 0.1) is 5.92 Å². The van der Waals surface area contributed by atoms with Crippen LogP contribution in [0.25, 0.3) is 0 Å². The maximum absolute atomic E-state index is 10.6. The number of ketones is 2. The van der Waals surface area contributed by atoms with Gasteiger partial charge in [-0.15, -0.1) is 0 Å². The Hall–Kier alpha value is 0.0700. The van der Waals surface area contributed by atoms with E-state index in [1.165, 1.54) is 13.8 Å². The van der Waals surface area contributed by atoms with Crippen molar-refractivity contribution in [2.45, 2.75) is 13.8 Å². The lowest BCUT2D eigenvalue weighted by molar-refractivity contribution is -0.129. The predicted molar refractivity (Wildman–Crippen MR) is 43.7 cm³/mol. The number of carbonyl (C=O) groups is 2.